The molecule has 2 rings (SSSR count). The number of hydrogen-bond acceptors (Lipinski definition) is 3. The van der Waals surface area contributed by atoms with E-state index in [1.807, 2.05) is 0 Å². The molecule has 1 aliphatic carbocycles. The maximum absolute atomic E-state index is 12.1. The van der Waals surface area contributed by atoms with Crippen molar-refractivity contribution in [3.8, 4) is 0 Å². The topological polar surface area (TPSA) is 63.1 Å². The largest absolute Gasteiger partial charge is 0.481 e. The second kappa shape index (κ2) is 5.14. The molecule has 0 fully saturated rings. The van der Waals surface area contributed by atoms with Gasteiger partial charge >= 0.3 is 12.1 Å². The molecule has 1 aliphatic rings. The smallest absolute Gasteiger partial charge is 0.389 e. The normalized spacial score (nSPS) is 19.0. The monoisotopic (exact) mass is 274 g/mol. The van der Waals surface area contributed by atoms with Crippen LogP contribution in [0.2, 0.25) is 0 Å². The van der Waals surface area contributed by atoms with E-state index in [0.717, 1.165) is 5.56 Å². The lowest BCUT2D eigenvalue weighted by atomic mass is 9.87. The molecule has 0 radical (unpaired) electrons. The first-order valence-electron chi connectivity index (χ1n) is 5.98. The molecule has 19 heavy (non-hydrogen) atoms. The van der Waals surface area contributed by atoms with Crippen LogP contribution in [-0.2, 0) is 24.1 Å². The number of hydrogen-bond donors (Lipinski definition) is 1. The fourth-order valence-electron chi connectivity index (χ4n) is 2.13. The van der Waals surface area contributed by atoms with Crippen molar-refractivity contribution in [2.75, 3.05) is 0 Å². The number of aryl methyl sites for hydroxylation is 2. The lowest BCUT2D eigenvalue weighted by Gasteiger charge is -2.20. The number of halogens is 3. The van der Waals surface area contributed by atoms with Crippen LogP contribution in [-0.4, -0.2) is 27.2 Å². The zero-order valence-corrected chi connectivity index (χ0v) is 10.1. The van der Waals surface area contributed by atoms with Crippen molar-refractivity contribution in [1.29, 1.82) is 0 Å². The third kappa shape index (κ3) is 3.65. The minimum atomic E-state index is -4.21. The van der Waals surface area contributed by atoms with E-state index in [2.05, 4.69) is 9.97 Å². The highest BCUT2D eigenvalue weighted by molar-refractivity contribution is 5.70. The van der Waals surface area contributed by atoms with Gasteiger partial charge in [-0.15, -0.1) is 0 Å². The molecular weight excluding hydrogens is 261 g/mol. The summed E-state index contributed by atoms with van der Waals surface area (Å²) in [6.45, 7) is 0. The molecule has 1 N–H and O–H groups in total. The quantitative estimate of drug-likeness (QED) is 0.917. The first kappa shape index (κ1) is 13.8. The Labute approximate surface area is 107 Å². The van der Waals surface area contributed by atoms with Crippen LogP contribution in [0.25, 0.3) is 0 Å². The van der Waals surface area contributed by atoms with Crippen molar-refractivity contribution in [2.45, 2.75) is 38.3 Å². The maximum atomic E-state index is 12.1. The molecule has 7 heteroatoms. The van der Waals surface area contributed by atoms with E-state index in [-0.39, 0.29) is 12.2 Å². The van der Waals surface area contributed by atoms with Gasteiger partial charge in [-0.05, 0) is 24.8 Å². The highest BCUT2D eigenvalue weighted by Crippen LogP contribution is 2.25. The maximum Gasteiger partial charge on any atom is 0.389 e. The van der Waals surface area contributed by atoms with Gasteiger partial charge in [0.15, 0.2) is 0 Å². The minimum absolute atomic E-state index is 0.171. The molecular formula is C12H13F3N2O2. The second-order valence-corrected chi connectivity index (χ2v) is 4.65. The van der Waals surface area contributed by atoms with Gasteiger partial charge in [0.2, 0.25) is 0 Å². The summed E-state index contributed by atoms with van der Waals surface area (Å²) in [7, 11) is 0. The van der Waals surface area contributed by atoms with Crippen LogP contribution in [0.1, 0.15) is 29.9 Å². The van der Waals surface area contributed by atoms with E-state index in [9.17, 15) is 18.0 Å². The molecule has 0 aromatic carbocycles. The number of carbonyl (C=O) groups is 1. The molecule has 1 aromatic rings. The lowest BCUT2D eigenvalue weighted by Crippen LogP contribution is -2.23. The number of carboxylic acids is 1. The highest BCUT2D eigenvalue weighted by atomic mass is 19.4. The van der Waals surface area contributed by atoms with Crippen molar-refractivity contribution < 1.29 is 23.1 Å². The van der Waals surface area contributed by atoms with Gasteiger partial charge in [-0.3, -0.25) is 4.79 Å². The number of aromatic nitrogens is 2. The summed E-state index contributed by atoms with van der Waals surface area (Å²) in [5.41, 5.74) is 1.42. The van der Waals surface area contributed by atoms with Gasteiger partial charge < -0.3 is 5.11 Å². The number of aliphatic carboxylic acids is 1. The molecule has 0 saturated heterocycles. The van der Waals surface area contributed by atoms with Crippen molar-refractivity contribution in [3.05, 3.63) is 23.3 Å². The summed E-state index contributed by atoms with van der Waals surface area (Å²) in [5.74, 6) is -1.13. The van der Waals surface area contributed by atoms with Gasteiger partial charge in [0.05, 0.1) is 12.3 Å². The summed E-state index contributed by atoms with van der Waals surface area (Å²) >= 11 is 0. The van der Waals surface area contributed by atoms with Crippen molar-refractivity contribution in [3.63, 3.8) is 0 Å². The average Bonchev–Trinajstić information content (AvgIpc) is 2.34. The zero-order valence-electron chi connectivity index (χ0n) is 10.1. The predicted molar refractivity (Wildman–Crippen MR) is 59.6 cm³/mol. The molecule has 1 unspecified atom stereocenters. The number of fused-ring (bicyclic) bond motifs is 1. The van der Waals surface area contributed by atoms with Crippen molar-refractivity contribution >= 4 is 5.97 Å². The number of carboxylic acid groups (broad SMARTS) is 1. The van der Waals surface area contributed by atoms with Gasteiger partial charge in [-0.25, -0.2) is 9.97 Å². The number of alkyl halides is 3. The SMILES string of the molecule is O=C(O)C1CCc2nc(CCC(F)(F)F)ncc2C1. The zero-order chi connectivity index (χ0) is 14.0. The van der Waals surface area contributed by atoms with E-state index >= 15 is 0 Å². The predicted octanol–water partition coefficient (Wildman–Crippen LogP) is 2.16. The molecule has 1 atom stereocenters. The van der Waals surface area contributed by atoms with Crippen molar-refractivity contribution in [2.24, 2.45) is 5.92 Å². The van der Waals surface area contributed by atoms with Crippen LogP contribution >= 0.6 is 0 Å². The van der Waals surface area contributed by atoms with Crippen LogP contribution in [0.15, 0.2) is 6.20 Å². The van der Waals surface area contributed by atoms with Gasteiger partial charge in [-0.2, -0.15) is 13.2 Å². The molecule has 1 aromatic heterocycles. The Hall–Kier alpha value is -1.66. The first-order valence-corrected chi connectivity index (χ1v) is 5.98. The molecule has 0 spiro atoms. The Morgan fingerprint density at radius 1 is 1.47 bits per heavy atom. The average molecular weight is 274 g/mol. The summed E-state index contributed by atoms with van der Waals surface area (Å²) in [4.78, 5) is 18.9. The fraction of sp³-hybridized carbons (Fsp3) is 0.583. The molecule has 104 valence electrons. The Balaban J connectivity index is 2.07. The van der Waals surface area contributed by atoms with Gasteiger partial charge in [-0.1, -0.05) is 0 Å². The van der Waals surface area contributed by atoms with E-state index in [4.69, 9.17) is 5.11 Å². The van der Waals surface area contributed by atoms with Gasteiger partial charge in [0.1, 0.15) is 5.82 Å². The van der Waals surface area contributed by atoms with E-state index in [1.54, 1.807) is 0 Å². The molecule has 1 heterocycles. The van der Waals surface area contributed by atoms with E-state index in [1.165, 1.54) is 6.20 Å². The number of rotatable bonds is 3. The van der Waals surface area contributed by atoms with Crippen LogP contribution in [0, 0.1) is 5.92 Å². The summed E-state index contributed by atoms with van der Waals surface area (Å²) in [5, 5.41) is 8.93. The highest BCUT2D eigenvalue weighted by Gasteiger charge is 2.28. The molecule has 4 nitrogen and oxygen atoms in total. The molecule has 0 aliphatic heterocycles. The molecule has 0 amide bonds. The third-order valence-electron chi connectivity index (χ3n) is 3.18. The van der Waals surface area contributed by atoms with E-state index in [0.29, 0.717) is 25.0 Å². The fourth-order valence-corrected chi connectivity index (χ4v) is 2.13. The minimum Gasteiger partial charge on any atom is -0.481 e. The Bertz CT molecular complexity index is 488. The third-order valence-corrected chi connectivity index (χ3v) is 3.18. The van der Waals surface area contributed by atoms with Crippen molar-refractivity contribution in [1.82, 2.24) is 9.97 Å². The van der Waals surface area contributed by atoms with Crippen LogP contribution in [0.3, 0.4) is 0 Å². The van der Waals surface area contributed by atoms with Gasteiger partial charge in [0, 0.05) is 18.3 Å². The summed E-state index contributed by atoms with van der Waals surface area (Å²) in [6, 6.07) is 0. The van der Waals surface area contributed by atoms with Gasteiger partial charge in [0.25, 0.3) is 0 Å². The van der Waals surface area contributed by atoms with Crippen LogP contribution in [0.4, 0.5) is 13.2 Å². The molecule has 0 saturated carbocycles. The summed E-state index contributed by atoms with van der Waals surface area (Å²) < 4.78 is 36.3. The standard InChI is InChI=1S/C12H13F3N2O2/c13-12(14,15)4-3-10-16-6-8-5-7(11(18)19)1-2-9(8)17-10/h6-7H,1-5H2,(H,18,19). The number of nitrogens with zero attached hydrogens (tertiary/aromatic N) is 2. The molecule has 0 bridgehead atoms. The Morgan fingerprint density at radius 3 is 2.84 bits per heavy atom. The summed E-state index contributed by atoms with van der Waals surface area (Å²) in [6.07, 6.45) is -2.63. The first-order chi connectivity index (χ1) is 8.85. The Morgan fingerprint density at radius 2 is 2.21 bits per heavy atom. The van der Waals surface area contributed by atoms with Crippen LogP contribution in [0.5, 0.6) is 0 Å². The van der Waals surface area contributed by atoms with Crippen LogP contribution < -0.4 is 0 Å². The second-order valence-electron chi connectivity index (χ2n) is 4.65. The van der Waals surface area contributed by atoms with E-state index < -0.39 is 24.5 Å². The Kier molecular flexibility index (Phi) is 3.73. The lowest BCUT2D eigenvalue weighted by molar-refractivity contribution is -0.142.